The van der Waals surface area contributed by atoms with E-state index in [9.17, 15) is 4.79 Å². The summed E-state index contributed by atoms with van der Waals surface area (Å²) in [6.45, 7) is 6.28. The summed E-state index contributed by atoms with van der Waals surface area (Å²) in [5.74, 6) is 0.347. The fourth-order valence-electron chi connectivity index (χ4n) is 1.82. The highest BCUT2D eigenvalue weighted by atomic mass is 32.1. The fraction of sp³-hybridized carbons (Fsp3) is 0.500. The van der Waals surface area contributed by atoms with Gasteiger partial charge in [0, 0.05) is 30.2 Å². The number of carbonyl (C=O) groups excluding carboxylic acids is 1. The molecule has 0 radical (unpaired) electrons. The molecule has 0 unspecified atom stereocenters. The molecule has 2 aromatic rings. The standard InChI is InChI=1S/C14H20N4OS/c1-5-9(2)10(3)16-13(19)12-8-20-14(17-12)11-6-15-18(4)7-11/h6-10H,5H2,1-4H3,(H,16,19)/t9-,10-/m1/s1. The molecule has 5 nitrogen and oxygen atoms in total. The summed E-state index contributed by atoms with van der Waals surface area (Å²) in [5, 5.41) is 9.73. The monoisotopic (exact) mass is 292 g/mol. The lowest BCUT2D eigenvalue weighted by atomic mass is 10.0. The average Bonchev–Trinajstić information content (AvgIpc) is 3.05. The van der Waals surface area contributed by atoms with E-state index in [2.05, 4.69) is 29.2 Å². The Balaban J connectivity index is 2.07. The molecule has 2 rings (SSSR count). The highest BCUT2D eigenvalue weighted by Crippen LogP contribution is 2.23. The molecule has 6 heteroatoms. The molecular formula is C14H20N4OS. The van der Waals surface area contributed by atoms with E-state index in [0.717, 1.165) is 17.0 Å². The van der Waals surface area contributed by atoms with Crippen LogP contribution in [0.4, 0.5) is 0 Å². The van der Waals surface area contributed by atoms with Crippen molar-refractivity contribution in [3.63, 3.8) is 0 Å². The Hall–Kier alpha value is -1.69. The molecule has 0 fully saturated rings. The van der Waals surface area contributed by atoms with E-state index >= 15 is 0 Å². The van der Waals surface area contributed by atoms with Crippen molar-refractivity contribution in [2.75, 3.05) is 0 Å². The molecule has 20 heavy (non-hydrogen) atoms. The number of hydrogen-bond acceptors (Lipinski definition) is 4. The Bertz CT molecular complexity index is 590. The maximum atomic E-state index is 12.1. The number of rotatable bonds is 5. The molecule has 1 N–H and O–H groups in total. The number of thiazole rings is 1. The van der Waals surface area contributed by atoms with Crippen LogP contribution in [0.3, 0.4) is 0 Å². The summed E-state index contributed by atoms with van der Waals surface area (Å²) < 4.78 is 1.72. The van der Waals surface area contributed by atoms with Gasteiger partial charge in [0.2, 0.25) is 0 Å². The molecule has 0 saturated heterocycles. The smallest absolute Gasteiger partial charge is 0.270 e. The van der Waals surface area contributed by atoms with Crippen molar-refractivity contribution in [2.24, 2.45) is 13.0 Å². The summed E-state index contributed by atoms with van der Waals surface area (Å²) >= 11 is 1.46. The van der Waals surface area contributed by atoms with Gasteiger partial charge in [0.25, 0.3) is 5.91 Å². The number of nitrogens with one attached hydrogen (secondary N) is 1. The molecule has 0 aromatic carbocycles. The second-order valence-corrected chi connectivity index (χ2v) is 5.95. The summed E-state index contributed by atoms with van der Waals surface area (Å²) in [6, 6.07) is 0.149. The predicted molar refractivity (Wildman–Crippen MR) is 80.7 cm³/mol. The summed E-state index contributed by atoms with van der Waals surface area (Å²) in [4.78, 5) is 16.5. The molecule has 0 saturated carbocycles. The third-order valence-electron chi connectivity index (χ3n) is 3.54. The molecule has 0 bridgehead atoms. The number of aromatic nitrogens is 3. The van der Waals surface area contributed by atoms with Gasteiger partial charge in [-0.2, -0.15) is 5.10 Å². The van der Waals surface area contributed by atoms with Crippen molar-refractivity contribution in [3.8, 4) is 10.6 Å². The van der Waals surface area contributed by atoms with Crippen molar-refractivity contribution in [1.82, 2.24) is 20.1 Å². The quantitative estimate of drug-likeness (QED) is 0.921. The molecule has 2 aromatic heterocycles. The highest BCUT2D eigenvalue weighted by molar-refractivity contribution is 7.13. The van der Waals surface area contributed by atoms with Crippen molar-refractivity contribution < 1.29 is 4.79 Å². The van der Waals surface area contributed by atoms with Gasteiger partial charge in [-0.3, -0.25) is 9.48 Å². The van der Waals surface area contributed by atoms with Gasteiger partial charge in [-0.1, -0.05) is 20.3 Å². The van der Waals surface area contributed by atoms with Crippen LogP contribution in [0.25, 0.3) is 10.6 Å². The molecule has 0 aliphatic carbocycles. The Morgan fingerprint density at radius 3 is 2.85 bits per heavy atom. The third kappa shape index (κ3) is 3.25. The van der Waals surface area contributed by atoms with Crippen molar-refractivity contribution in [1.29, 1.82) is 0 Å². The van der Waals surface area contributed by atoms with Gasteiger partial charge >= 0.3 is 0 Å². The number of aryl methyl sites for hydroxylation is 1. The van der Waals surface area contributed by atoms with Gasteiger partial charge in [0.15, 0.2) is 0 Å². The number of amides is 1. The molecule has 0 aliphatic rings. The minimum Gasteiger partial charge on any atom is -0.348 e. The van der Waals surface area contributed by atoms with Crippen molar-refractivity contribution >= 4 is 17.2 Å². The molecule has 108 valence electrons. The lowest BCUT2D eigenvalue weighted by Crippen LogP contribution is -2.37. The van der Waals surface area contributed by atoms with Crippen molar-refractivity contribution in [2.45, 2.75) is 33.2 Å². The van der Waals surface area contributed by atoms with E-state index < -0.39 is 0 Å². The number of carbonyl (C=O) groups is 1. The predicted octanol–water partition coefficient (Wildman–Crippen LogP) is 2.71. The van der Waals surface area contributed by atoms with Gasteiger partial charge in [0.05, 0.1) is 6.20 Å². The SMILES string of the molecule is CC[C@@H](C)[C@@H](C)NC(=O)c1csc(-c2cnn(C)c2)n1. The molecule has 0 spiro atoms. The second kappa shape index (κ2) is 6.17. The van der Waals surface area contributed by atoms with Crippen LogP contribution < -0.4 is 5.32 Å². The first-order chi connectivity index (χ1) is 9.51. The van der Waals surface area contributed by atoms with Crippen LogP contribution in [-0.4, -0.2) is 26.7 Å². The van der Waals surface area contributed by atoms with Crippen LogP contribution in [0.15, 0.2) is 17.8 Å². The molecular weight excluding hydrogens is 272 g/mol. The summed E-state index contributed by atoms with van der Waals surface area (Å²) in [5.41, 5.74) is 1.41. The van der Waals surface area contributed by atoms with E-state index in [-0.39, 0.29) is 11.9 Å². The van der Waals surface area contributed by atoms with E-state index in [4.69, 9.17) is 0 Å². The van der Waals surface area contributed by atoms with Gasteiger partial charge in [0.1, 0.15) is 10.7 Å². The highest BCUT2D eigenvalue weighted by Gasteiger charge is 2.17. The zero-order valence-electron chi connectivity index (χ0n) is 12.3. The zero-order valence-corrected chi connectivity index (χ0v) is 13.1. The first-order valence-corrected chi connectivity index (χ1v) is 7.64. The van der Waals surface area contributed by atoms with Crippen LogP contribution in [0, 0.1) is 5.92 Å². The van der Waals surface area contributed by atoms with Gasteiger partial charge in [-0.25, -0.2) is 4.98 Å². The van der Waals surface area contributed by atoms with Crippen LogP contribution in [0.5, 0.6) is 0 Å². The third-order valence-corrected chi connectivity index (χ3v) is 4.44. The maximum absolute atomic E-state index is 12.1. The Morgan fingerprint density at radius 1 is 1.50 bits per heavy atom. The molecule has 2 heterocycles. The molecule has 0 aliphatic heterocycles. The van der Waals surface area contributed by atoms with Crippen LogP contribution in [0.2, 0.25) is 0 Å². The first-order valence-electron chi connectivity index (χ1n) is 6.76. The Labute approximate surface area is 123 Å². The molecule has 2 atom stereocenters. The van der Waals surface area contributed by atoms with Gasteiger partial charge in [-0.05, 0) is 12.8 Å². The topological polar surface area (TPSA) is 59.8 Å². The number of hydrogen-bond donors (Lipinski definition) is 1. The van der Waals surface area contributed by atoms with E-state index in [1.807, 2.05) is 20.2 Å². The lowest BCUT2D eigenvalue weighted by molar-refractivity contribution is 0.0924. The second-order valence-electron chi connectivity index (χ2n) is 5.09. The summed E-state index contributed by atoms with van der Waals surface area (Å²) in [7, 11) is 1.86. The molecule has 1 amide bonds. The van der Waals surface area contributed by atoms with Gasteiger partial charge in [-0.15, -0.1) is 11.3 Å². The van der Waals surface area contributed by atoms with Gasteiger partial charge < -0.3 is 5.32 Å². The van der Waals surface area contributed by atoms with E-state index in [0.29, 0.717) is 11.6 Å². The van der Waals surface area contributed by atoms with Crippen LogP contribution in [-0.2, 0) is 7.05 Å². The normalized spacial score (nSPS) is 14.0. The zero-order chi connectivity index (χ0) is 14.7. The minimum atomic E-state index is -0.107. The minimum absolute atomic E-state index is 0.107. The largest absolute Gasteiger partial charge is 0.348 e. The average molecular weight is 292 g/mol. The maximum Gasteiger partial charge on any atom is 0.270 e. The fourth-order valence-corrected chi connectivity index (χ4v) is 2.59. The van der Waals surface area contributed by atoms with Crippen molar-refractivity contribution in [3.05, 3.63) is 23.5 Å². The van der Waals surface area contributed by atoms with Crippen LogP contribution in [0.1, 0.15) is 37.7 Å². The lowest BCUT2D eigenvalue weighted by Gasteiger charge is -2.19. The Kier molecular flexibility index (Phi) is 4.54. The first kappa shape index (κ1) is 14.7. The van der Waals surface area contributed by atoms with E-state index in [1.165, 1.54) is 11.3 Å². The Morgan fingerprint density at radius 2 is 2.25 bits per heavy atom. The number of nitrogens with zero attached hydrogens (tertiary/aromatic N) is 3. The van der Waals surface area contributed by atoms with Crippen LogP contribution >= 0.6 is 11.3 Å². The van der Waals surface area contributed by atoms with E-state index in [1.54, 1.807) is 16.3 Å². The summed E-state index contributed by atoms with van der Waals surface area (Å²) in [6.07, 6.45) is 4.68.